The van der Waals surface area contributed by atoms with Crippen LogP contribution in [0.15, 0.2) is 0 Å². The SMILES string of the molecule is CCCC1(C(=O)NC2COCC2(C)C(=O)O)CCNC1. The van der Waals surface area contributed by atoms with Gasteiger partial charge >= 0.3 is 5.97 Å². The Hall–Kier alpha value is -1.14. The van der Waals surface area contributed by atoms with Crippen molar-refractivity contribution >= 4 is 11.9 Å². The van der Waals surface area contributed by atoms with Crippen molar-refractivity contribution < 1.29 is 19.4 Å². The Kier molecular flexibility index (Phi) is 4.34. The predicted octanol–water partition coefficient (Wildman–Crippen LogP) is 0.372. The average Bonchev–Trinajstić information content (AvgIpc) is 3.00. The van der Waals surface area contributed by atoms with Crippen LogP contribution in [0.2, 0.25) is 0 Å². The van der Waals surface area contributed by atoms with E-state index < -0.39 is 22.8 Å². The zero-order chi connectivity index (χ0) is 14.8. The van der Waals surface area contributed by atoms with Gasteiger partial charge in [-0.25, -0.2) is 0 Å². The van der Waals surface area contributed by atoms with E-state index in [1.54, 1.807) is 6.92 Å². The van der Waals surface area contributed by atoms with Crippen LogP contribution in [0.5, 0.6) is 0 Å². The molecule has 0 aromatic rings. The van der Waals surface area contributed by atoms with Crippen LogP contribution >= 0.6 is 0 Å². The molecule has 0 aromatic carbocycles. The molecule has 6 nitrogen and oxygen atoms in total. The molecule has 114 valence electrons. The van der Waals surface area contributed by atoms with Crippen LogP contribution in [-0.4, -0.2) is 49.3 Å². The Morgan fingerprint density at radius 3 is 2.80 bits per heavy atom. The van der Waals surface area contributed by atoms with Crippen LogP contribution < -0.4 is 10.6 Å². The maximum absolute atomic E-state index is 12.6. The Balaban J connectivity index is 2.08. The van der Waals surface area contributed by atoms with E-state index in [-0.39, 0.29) is 19.1 Å². The second-order valence-electron chi connectivity index (χ2n) is 6.22. The first kappa shape index (κ1) is 15.3. The molecule has 0 radical (unpaired) electrons. The highest BCUT2D eigenvalue weighted by Crippen LogP contribution is 2.34. The standard InChI is InChI=1S/C14H24N2O4/c1-3-4-14(5-6-15-8-14)11(17)16-10-7-20-9-13(10,2)12(18)19/h10,15H,3-9H2,1-2H3,(H,16,17)(H,18,19). The minimum absolute atomic E-state index is 0.0349. The number of nitrogens with one attached hydrogen (secondary N) is 2. The van der Waals surface area contributed by atoms with Gasteiger partial charge in [0, 0.05) is 6.54 Å². The summed E-state index contributed by atoms with van der Waals surface area (Å²) in [5.41, 5.74) is -1.42. The Morgan fingerprint density at radius 2 is 2.25 bits per heavy atom. The topological polar surface area (TPSA) is 87.7 Å². The number of carboxylic acid groups (broad SMARTS) is 1. The molecule has 0 aliphatic carbocycles. The molecule has 2 heterocycles. The van der Waals surface area contributed by atoms with Crippen molar-refractivity contribution in [1.29, 1.82) is 0 Å². The van der Waals surface area contributed by atoms with Gasteiger partial charge in [0.1, 0.15) is 5.41 Å². The predicted molar refractivity (Wildman–Crippen MR) is 73.3 cm³/mol. The zero-order valence-corrected chi connectivity index (χ0v) is 12.2. The van der Waals surface area contributed by atoms with E-state index in [4.69, 9.17) is 4.74 Å². The molecule has 6 heteroatoms. The lowest BCUT2D eigenvalue weighted by Crippen LogP contribution is -2.54. The van der Waals surface area contributed by atoms with Crippen LogP contribution in [0.4, 0.5) is 0 Å². The third-order valence-corrected chi connectivity index (χ3v) is 4.70. The molecule has 20 heavy (non-hydrogen) atoms. The van der Waals surface area contributed by atoms with Gasteiger partial charge in [-0.3, -0.25) is 9.59 Å². The number of ether oxygens (including phenoxy) is 1. The number of rotatable bonds is 5. The smallest absolute Gasteiger partial charge is 0.313 e. The van der Waals surface area contributed by atoms with Gasteiger partial charge < -0.3 is 20.5 Å². The normalized spacial score (nSPS) is 37.0. The number of aliphatic carboxylic acids is 1. The summed E-state index contributed by atoms with van der Waals surface area (Å²) in [6.07, 6.45) is 2.57. The first-order valence-electron chi connectivity index (χ1n) is 7.27. The van der Waals surface area contributed by atoms with E-state index in [2.05, 4.69) is 17.6 Å². The molecular weight excluding hydrogens is 260 g/mol. The number of carboxylic acids is 1. The van der Waals surface area contributed by atoms with E-state index in [9.17, 15) is 14.7 Å². The van der Waals surface area contributed by atoms with E-state index in [0.29, 0.717) is 6.54 Å². The first-order valence-corrected chi connectivity index (χ1v) is 7.27. The lowest BCUT2D eigenvalue weighted by atomic mass is 9.79. The quantitative estimate of drug-likeness (QED) is 0.679. The van der Waals surface area contributed by atoms with Crippen LogP contribution in [-0.2, 0) is 14.3 Å². The summed E-state index contributed by atoms with van der Waals surface area (Å²) < 4.78 is 5.28. The van der Waals surface area contributed by atoms with Crippen molar-refractivity contribution in [1.82, 2.24) is 10.6 Å². The maximum atomic E-state index is 12.6. The largest absolute Gasteiger partial charge is 0.481 e. The van der Waals surface area contributed by atoms with Crippen LogP contribution in [0.25, 0.3) is 0 Å². The molecule has 0 spiro atoms. The Labute approximate surface area is 119 Å². The summed E-state index contributed by atoms with van der Waals surface area (Å²) in [4.78, 5) is 24.0. The second-order valence-corrected chi connectivity index (χ2v) is 6.22. The third-order valence-electron chi connectivity index (χ3n) is 4.70. The van der Waals surface area contributed by atoms with E-state index in [1.807, 2.05) is 0 Å². The highest BCUT2D eigenvalue weighted by molar-refractivity contribution is 5.85. The van der Waals surface area contributed by atoms with E-state index >= 15 is 0 Å². The molecule has 1 amide bonds. The van der Waals surface area contributed by atoms with E-state index in [0.717, 1.165) is 25.8 Å². The fraction of sp³-hybridized carbons (Fsp3) is 0.857. The molecule has 3 atom stereocenters. The van der Waals surface area contributed by atoms with Crippen molar-refractivity contribution in [3.8, 4) is 0 Å². The number of hydrogen-bond acceptors (Lipinski definition) is 4. The minimum Gasteiger partial charge on any atom is -0.481 e. The summed E-state index contributed by atoms with van der Waals surface area (Å²) in [7, 11) is 0. The molecule has 3 unspecified atom stereocenters. The lowest BCUT2D eigenvalue weighted by Gasteiger charge is -2.32. The lowest BCUT2D eigenvalue weighted by molar-refractivity contribution is -0.149. The molecule has 2 aliphatic rings. The molecule has 0 saturated carbocycles. The summed E-state index contributed by atoms with van der Waals surface area (Å²) in [6, 6.07) is -0.457. The zero-order valence-electron chi connectivity index (χ0n) is 12.2. The Morgan fingerprint density at radius 1 is 1.50 bits per heavy atom. The monoisotopic (exact) mass is 284 g/mol. The van der Waals surface area contributed by atoms with Gasteiger partial charge in [0.25, 0.3) is 0 Å². The van der Waals surface area contributed by atoms with Crippen molar-refractivity contribution in [3.05, 3.63) is 0 Å². The van der Waals surface area contributed by atoms with Crippen molar-refractivity contribution in [2.24, 2.45) is 10.8 Å². The molecule has 0 bridgehead atoms. The van der Waals surface area contributed by atoms with Gasteiger partial charge in [-0.15, -0.1) is 0 Å². The highest BCUT2D eigenvalue weighted by atomic mass is 16.5. The number of carbonyl (C=O) groups excluding carboxylic acids is 1. The van der Waals surface area contributed by atoms with Crippen molar-refractivity contribution in [2.75, 3.05) is 26.3 Å². The van der Waals surface area contributed by atoms with Gasteiger partial charge in [0.2, 0.25) is 5.91 Å². The van der Waals surface area contributed by atoms with Gasteiger partial charge in [-0.2, -0.15) is 0 Å². The highest BCUT2D eigenvalue weighted by Gasteiger charge is 2.49. The van der Waals surface area contributed by atoms with Crippen LogP contribution in [0.3, 0.4) is 0 Å². The molecule has 2 aliphatic heterocycles. The van der Waals surface area contributed by atoms with Crippen molar-refractivity contribution in [2.45, 2.75) is 39.2 Å². The maximum Gasteiger partial charge on any atom is 0.313 e. The van der Waals surface area contributed by atoms with Gasteiger partial charge in [-0.1, -0.05) is 13.3 Å². The van der Waals surface area contributed by atoms with Crippen LogP contribution in [0, 0.1) is 10.8 Å². The summed E-state index contributed by atoms with van der Waals surface area (Å²) >= 11 is 0. The average molecular weight is 284 g/mol. The van der Waals surface area contributed by atoms with Gasteiger partial charge in [-0.05, 0) is 26.3 Å². The molecular formula is C14H24N2O4. The Bertz CT molecular complexity index is 393. The van der Waals surface area contributed by atoms with E-state index in [1.165, 1.54) is 0 Å². The molecule has 2 fully saturated rings. The van der Waals surface area contributed by atoms with Crippen LogP contribution in [0.1, 0.15) is 33.1 Å². The second kappa shape index (κ2) is 5.69. The minimum atomic E-state index is -1.03. The van der Waals surface area contributed by atoms with Gasteiger partial charge in [0.05, 0.1) is 24.7 Å². The van der Waals surface area contributed by atoms with Gasteiger partial charge in [0.15, 0.2) is 0 Å². The summed E-state index contributed by atoms with van der Waals surface area (Å²) in [5.74, 6) is -0.957. The number of amides is 1. The number of hydrogen-bond donors (Lipinski definition) is 3. The molecule has 3 N–H and O–H groups in total. The number of carbonyl (C=O) groups is 2. The fourth-order valence-corrected chi connectivity index (χ4v) is 3.14. The van der Waals surface area contributed by atoms with Crippen molar-refractivity contribution in [3.63, 3.8) is 0 Å². The third kappa shape index (κ3) is 2.54. The molecule has 0 aromatic heterocycles. The summed E-state index contributed by atoms with van der Waals surface area (Å²) in [5, 5.41) is 15.5. The fourth-order valence-electron chi connectivity index (χ4n) is 3.14. The summed E-state index contributed by atoms with van der Waals surface area (Å²) in [6.45, 7) is 5.62. The first-order chi connectivity index (χ1) is 9.44. The molecule has 2 saturated heterocycles. The molecule has 2 rings (SSSR count).